The number of rotatable bonds is 17. The molecule has 4 aromatic carbocycles. The maximum absolute atomic E-state index is 6.01. The molecule has 3 unspecified atom stereocenters. The van der Waals surface area contributed by atoms with Crippen molar-refractivity contribution in [2.75, 3.05) is 46.2 Å². The van der Waals surface area contributed by atoms with E-state index in [9.17, 15) is 0 Å². The number of ether oxygens (including phenoxy) is 6. The largest absolute Gasteiger partial charge is 0.491 e. The lowest BCUT2D eigenvalue weighted by Crippen LogP contribution is -2.18. The molecule has 224 valence electrons. The van der Waals surface area contributed by atoms with E-state index in [1.54, 1.807) is 0 Å². The third-order valence-electron chi connectivity index (χ3n) is 7.64. The van der Waals surface area contributed by atoms with Gasteiger partial charge in [-0.15, -0.1) is 0 Å². The molecule has 3 atom stereocenters. The molecule has 6 nitrogen and oxygen atoms in total. The quantitative estimate of drug-likeness (QED) is 0.101. The van der Waals surface area contributed by atoms with Crippen LogP contribution in [0.4, 0.5) is 0 Å². The Morgan fingerprint density at radius 3 is 1.40 bits per heavy atom. The highest BCUT2D eigenvalue weighted by Gasteiger charge is 2.23. The van der Waals surface area contributed by atoms with Crippen molar-refractivity contribution in [2.24, 2.45) is 0 Å². The summed E-state index contributed by atoms with van der Waals surface area (Å²) in [5.74, 6) is 1.76. The van der Waals surface area contributed by atoms with E-state index in [4.69, 9.17) is 28.4 Å². The van der Waals surface area contributed by atoms with Gasteiger partial charge in [0.2, 0.25) is 0 Å². The summed E-state index contributed by atoms with van der Waals surface area (Å²) in [7, 11) is 0. The summed E-state index contributed by atoms with van der Waals surface area (Å²) in [4.78, 5) is 0. The molecule has 0 radical (unpaired) electrons. The van der Waals surface area contributed by atoms with Crippen molar-refractivity contribution in [2.45, 2.75) is 38.1 Å². The fourth-order valence-electron chi connectivity index (χ4n) is 4.79. The van der Waals surface area contributed by atoms with Crippen LogP contribution in [0.25, 0.3) is 22.3 Å². The average Bonchev–Trinajstić information content (AvgIpc) is 3.99. The van der Waals surface area contributed by atoms with Crippen LogP contribution in [-0.2, 0) is 31.8 Å². The summed E-state index contributed by atoms with van der Waals surface area (Å²) in [6.45, 7) is 6.87. The summed E-state index contributed by atoms with van der Waals surface area (Å²) in [5, 5.41) is 0. The van der Waals surface area contributed by atoms with Gasteiger partial charge in [0.1, 0.15) is 36.9 Å². The molecule has 4 aromatic rings. The maximum atomic E-state index is 6.01. The lowest BCUT2D eigenvalue weighted by atomic mass is 10.0. The van der Waals surface area contributed by atoms with Gasteiger partial charge in [0.05, 0.1) is 39.1 Å². The predicted molar refractivity (Wildman–Crippen MR) is 168 cm³/mol. The molecule has 2 heterocycles. The van der Waals surface area contributed by atoms with Gasteiger partial charge in [-0.25, -0.2) is 0 Å². The fourth-order valence-corrected chi connectivity index (χ4v) is 4.79. The monoisotopic (exact) mass is 580 g/mol. The van der Waals surface area contributed by atoms with E-state index in [0.717, 1.165) is 37.6 Å². The highest BCUT2D eigenvalue weighted by atomic mass is 16.6. The van der Waals surface area contributed by atoms with Gasteiger partial charge < -0.3 is 28.4 Å². The molecule has 0 amide bonds. The Labute approximate surface area is 254 Å². The second-order valence-corrected chi connectivity index (χ2v) is 11.2. The highest BCUT2D eigenvalue weighted by Crippen LogP contribution is 2.25. The third kappa shape index (κ3) is 9.40. The molecule has 0 bridgehead atoms. The van der Waals surface area contributed by atoms with E-state index in [2.05, 4.69) is 79.7 Å². The van der Waals surface area contributed by atoms with Crippen molar-refractivity contribution in [1.29, 1.82) is 0 Å². The lowest BCUT2D eigenvalue weighted by Gasteiger charge is -2.14. The third-order valence-corrected chi connectivity index (χ3v) is 7.64. The van der Waals surface area contributed by atoms with Gasteiger partial charge in [0.15, 0.2) is 0 Å². The molecule has 0 N–H and O–H groups in total. The average molecular weight is 581 g/mol. The van der Waals surface area contributed by atoms with Crippen LogP contribution in [0.1, 0.15) is 18.1 Å². The van der Waals surface area contributed by atoms with Crippen molar-refractivity contribution in [1.82, 2.24) is 0 Å². The second-order valence-electron chi connectivity index (χ2n) is 11.2. The van der Waals surface area contributed by atoms with Crippen molar-refractivity contribution >= 4 is 0 Å². The highest BCUT2D eigenvalue weighted by molar-refractivity contribution is 5.65. The molecule has 2 fully saturated rings. The van der Waals surface area contributed by atoms with Crippen molar-refractivity contribution in [3.8, 4) is 33.8 Å². The van der Waals surface area contributed by atoms with E-state index in [1.165, 1.54) is 33.4 Å². The zero-order valence-corrected chi connectivity index (χ0v) is 24.8. The van der Waals surface area contributed by atoms with Gasteiger partial charge in [-0.05, 0) is 77.4 Å². The molecule has 2 aliphatic rings. The normalized spacial score (nSPS) is 17.8. The molecule has 0 saturated carbocycles. The summed E-state index contributed by atoms with van der Waals surface area (Å²) in [5.41, 5.74) is 7.26. The first-order valence-corrected chi connectivity index (χ1v) is 15.2. The number of epoxide rings is 2. The molecule has 6 heteroatoms. The molecule has 0 spiro atoms. The summed E-state index contributed by atoms with van der Waals surface area (Å²) in [6.07, 6.45) is 2.34. The van der Waals surface area contributed by atoms with E-state index in [1.807, 2.05) is 24.3 Å². The molecule has 43 heavy (non-hydrogen) atoms. The summed E-state index contributed by atoms with van der Waals surface area (Å²) < 4.78 is 33.8. The molecular weight excluding hydrogens is 540 g/mol. The van der Waals surface area contributed by atoms with Gasteiger partial charge >= 0.3 is 0 Å². The van der Waals surface area contributed by atoms with Crippen molar-refractivity contribution in [3.05, 3.63) is 108 Å². The SMILES string of the molecule is CC(COCCc1ccc(-c2ccc(OCC3CO3)cc2)cc1)OCCc1ccc(-c2ccc(OCC3CO3)cc2)cc1. The predicted octanol–water partition coefficient (Wildman–Crippen LogP) is 6.78. The molecular formula is C37H40O6. The van der Waals surface area contributed by atoms with Crippen LogP contribution >= 0.6 is 0 Å². The van der Waals surface area contributed by atoms with Gasteiger partial charge in [0, 0.05) is 0 Å². The Hall–Kier alpha value is -3.68. The first kappa shape index (κ1) is 29.4. The van der Waals surface area contributed by atoms with E-state index >= 15 is 0 Å². The lowest BCUT2D eigenvalue weighted by molar-refractivity contribution is -0.00466. The van der Waals surface area contributed by atoms with Crippen LogP contribution in [0.5, 0.6) is 11.5 Å². The number of benzene rings is 4. The minimum Gasteiger partial charge on any atom is -0.491 e. The van der Waals surface area contributed by atoms with Gasteiger partial charge in [0.25, 0.3) is 0 Å². The van der Waals surface area contributed by atoms with Crippen LogP contribution in [0.2, 0.25) is 0 Å². The Balaban J connectivity index is 0.847. The fraction of sp³-hybridized carbons (Fsp3) is 0.351. The van der Waals surface area contributed by atoms with Crippen LogP contribution in [0.15, 0.2) is 97.1 Å². The molecule has 0 aromatic heterocycles. The van der Waals surface area contributed by atoms with Crippen LogP contribution in [-0.4, -0.2) is 64.6 Å². The topological polar surface area (TPSA) is 62.0 Å². The second kappa shape index (κ2) is 14.7. The van der Waals surface area contributed by atoms with Crippen molar-refractivity contribution in [3.63, 3.8) is 0 Å². The van der Waals surface area contributed by atoms with E-state index < -0.39 is 0 Å². The van der Waals surface area contributed by atoms with Gasteiger partial charge in [-0.2, -0.15) is 0 Å². The van der Waals surface area contributed by atoms with Crippen molar-refractivity contribution < 1.29 is 28.4 Å². The Bertz CT molecular complexity index is 1390. The molecule has 6 rings (SSSR count). The minimum atomic E-state index is 0.0533. The molecule has 2 saturated heterocycles. The number of hydrogen-bond donors (Lipinski definition) is 0. The molecule has 2 aliphatic heterocycles. The van der Waals surface area contributed by atoms with Crippen LogP contribution in [0, 0.1) is 0 Å². The van der Waals surface area contributed by atoms with Crippen LogP contribution < -0.4 is 9.47 Å². The van der Waals surface area contributed by atoms with Gasteiger partial charge in [-0.1, -0.05) is 72.8 Å². The Morgan fingerprint density at radius 2 is 0.977 bits per heavy atom. The first-order chi connectivity index (χ1) is 21.2. The van der Waals surface area contributed by atoms with Gasteiger partial charge in [-0.3, -0.25) is 0 Å². The van der Waals surface area contributed by atoms with Crippen LogP contribution in [0.3, 0.4) is 0 Å². The summed E-state index contributed by atoms with van der Waals surface area (Å²) >= 11 is 0. The zero-order valence-electron chi connectivity index (χ0n) is 24.8. The maximum Gasteiger partial charge on any atom is 0.119 e. The Kier molecular flexibility index (Phi) is 10.0. The van der Waals surface area contributed by atoms with E-state index in [0.29, 0.717) is 33.0 Å². The minimum absolute atomic E-state index is 0.0533. The summed E-state index contributed by atoms with van der Waals surface area (Å²) in [6, 6.07) is 33.8. The zero-order chi connectivity index (χ0) is 29.3. The standard InChI is InChI=1S/C37H40O6/c1-27(39-21-19-29-4-8-31(9-5-29)33-12-16-35(17-13-33)41-24-37-26-43-37)22-38-20-18-28-2-6-30(7-3-28)32-10-14-34(15-11-32)40-23-36-25-42-36/h2-17,27,36-37H,18-26H2,1H3. The number of hydrogen-bond acceptors (Lipinski definition) is 6. The smallest absolute Gasteiger partial charge is 0.119 e. The first-order valence-electron chi connectivity index (χ1n) is 15.2. The molecule has 0 aliphatic carbocycles. The Morgan fingerprint density at radius 1 is 0.581 bits per heavy atom. The van der Waals surface area contributed by atoms with E-state index in [-0.39, 0.29) is 18.3 Å².